The van der Waals surface area contributed by atoms with Gasteiger partial charge >= 0.3 is 0 Å². The Bertz CT molecular complexity index is 1090. The summed E-state index contributed by atoms with van der Waals surface area (Å²) in [6.07, 6.45) is 0.815. The molecule has 0 fully saturated rings. The summed E-state index contributed by atoms with van der Waals surface area (Å²) in [5.74, 6) is -0.230. The van der Waals surface area contributed by atoms with Crippen molar-refractivity contribution >= 4 is 21.6 Å². The summed E-state index contributed by atoms with van der Waals surface area (Å²) in [5, 5.41) is 2.90. The molecule has 0 atom stereocenters. The Kier molecular flexibility index (Phi) is 7.81. The zero-order chi connectivity index (χ0) is 22.1. The lowest BCUT2D eigenvalue weighted by Gasteiger charge is -2.16. The van der Waals surface area contributed by atoms with Gasteiger partial charge in [0, 0.05) is 24.3 Å². The first-order valence-electron chi connectivity index (χ1n) is 10.1. The molecule has 0 aliphatic carbocycles. The molecule has 6 nitrogen and oxygen atoms in total. The van der Waals surface area contributed by atoms with Crippen LogP contribution in [0.1, 0.15) is 22.3 Å². The monoisotopic (exact) mass is 437 g/mol. The van der Waals surface area contributed by atoms with Crippen LogP contribution < -0.4 is 10.0 Å². The van der Waals surface area contributed by atoms with Crippen LogP contribution in [0.25, 0.3) is 0 Å². The highest BCUT2D eigenvalue weighted by atomic mass is 32.2. The number of benzene rings is 3. The quantitative estimate of drug-likeness (QED) is 0.474. The zero-order valence-corrected chi connectivity index (χ0v) is 18.3. The highest BCUT2D eigenvalue weighted by Gasteiger charge is 2.14. The van der Waals surface area contributed by atoms with Crippen molar-refractivity contribution in [3.05, 3.63) is 96.1 Å². The van der Waals surface area contributed by atoms with E-state index in [2.05, 4.69) is 34.1 Å². The van der Waals surface area contributed by atoms with Crippen LogP contribution in [0.4, 0.5) is 5.69 Å². The summed E-state index contributed by atoms with van der Waals surface area (Å²) >= 11 is 0. The second-order valence-corrected chi connectivity index (χ2v) is 9.01. The van der Waals surface area contributed by atoms with Crippen molar-refractivity contribution in [3.8, 4) is 0 Å². The molecule has 3 rings (SSSR count). The Morgan fingerprint density at radius 3 is 2.29 bits per heavy atom. The molecule has 162 valence electrons. The fourth-order valence-electron chi connectivity index (χ4n) is 3.16. The van der Waals surface area contributed by atoms with E-state index in [-0.39, 0.29) is 10.8 Å². The summed E-state index contributed by atoms with van der Waals surface area (Å²) in [6, 6.07) is 24.8. The molecule has 7 heteroatoms. The summed E-state index contributed by atoms with van der Waals surface area (Å²) in [7, 11) is -1.65. The van der Waals surface area contributed by atoms with E-state index in [1.165, 1.54) is 23.8 Å². The molecule has 0 radical (unpaired) electrons. The first kappa shape index (κ1) is 22.5. The van der Waals surface area contributed by atoms with Gasteiger partial charge in [-0.2, -0.15) is 0 Å². The highest BCUT2D eigenvalue weighted by Crippen LogP contribution is 2.17. The molecule has 31 heavy (non-hydrogen) atoms. The van der Waals surface area contributed by atoms with E-state index in [4.69, 9.17) is 0 Å². The van der Waals surface area contributed by atoms with Gasteiger partial charge in [-0.25, -0.2) is 8.42 Å². The molecule has 1 amide bonds. The highest BCUT2D eigenvalue weighted by molar-refractivity contribution is 7.92. The van der Waals surface area contributed by atoms with Gasteiger partial charge in [0.05, 0.1) is 4.90 Å². The van der Waals surface area contributed by atoms with Gasteiger partial charge in [0.25, 0.3) is 15.9 Å². The predicted octanol–water partition coefficient (Wildman–Crippen LogP) is 3.74. The van der Waals surface area contributed by atoms with Gasteiger partial charge in [-0.05, 0) is 55.9 Å². The van der Waals surface area contributed by atoms with E-state index in [0.717, 1.165) is 19.5 Å². The van der Waals surface area contributed by atoms with E-state index in [0.29, 0.717) is 17.8 Å². The van der Waals surface area contributed by atoms with Crippen molar-refractivity contribution < 1.29 is 13.2 Å². The molecule has 0 aromatic heterocycles. The van der Waals surface area contributed by atoms with Gasteiger partial charge in [-0.1, -0.05) is 54.6 Å². The zero-order valence-electron chi connectivity index (χ0n) is 17.5. The summed E-state index contributed by atoms with van der Waals surface area (Å²) < 4.78 is 27.5. The molecular formula is C24H27N3O3S. The largest absolute Gasteiger partial charge is 0.352 e. The van der Waals surface area contributed by atoms with Gasteiger partial charge in [0.1, 0.15) is 0 Å². The molecule has 0 saturated carbocycles. The maximum Gasteiger partial charge on any atom is 0.261 e. The molecule has 0 unspecified atom stereocenters. The molecular weight excluding hydrogens is 410 g/mol. The van der Waals surface area contributed by atoms with E-state index in [9.17, 15) is 13.2 Å². The first-order chi connectivity index (χ1) is 14.9. The molecule has 0 heterocycles. The van der Waals surface area contributed by atoms with Crippen molar-refractivity contribution in [2.24, 2.45) is 0 Å². The third-order valence-electron chi connectivity index (χ3n) is 4.73. The standard InChI is InChI=1S/C24H27N3O3S/c1-27(19-20-10-4-2-5-11-20)17-9-16-25-24(28)21-12-8-13-22(18-21)26-31(29,30)23-14-6-3-7-15-23/h2-8,10-15,18,26H,9,16-17,19H2,1H3,(H,25,28). The van der Waals surface area contributed by atoms with Gasteiger partial charge < -0.3 is 10.2 Å². The molecule has 3 aromatic rings. The minimum Gasteiger partial charge on any atom is -0.352 e. The maximum atomic E-state index is 12.5. The number of sulfonamides is 1. The summed E-state index contributed by atoms with van der Waals surface area (Å²) in [5.41, 5.74) is 2.01. The van der Waals surface area contributed by atoms with E-state index >= 15 is 0 Å². The molecule has 0 saturated heterocycles. The lowest BCUT2D eigenvalue weighted by atomic mass is 10.2. The van der Waals surface area contributed by atoms with Crippen LogP contribution in [0, 0.1) is 0 Å². The van der Waals surface area contributed by atoms with Crippen molar-refractivity contribution in [2.45, 2.75) is 17.9 Å². The molecule has 0 bridgehead atoms. The van der Waals surface area contributed by atoms with E-state index in [1.54, 1.807) is 36.4 Å². The van der Waals surface area contributed by atoms with Crippen LogP contribution in [0.5, 0.6) is 0 Å². The summed E-state index contributed by atoms with van der Waals surface area (Å²) in [4.78, 5) is 14.8. The number of anilines is 1. The molecule has 0 aliphatic rings. The smallest absolute Gasteiger partial charge is 0.261 e. The van der Waals surface area contributed by atoms with Gasteiger partial charge in [0.15, 0.2) is 0 Å². The lowest BCUT2D eigenvalue weighted by molar-refractivity contribution is 0.0952. The number of hydrogen-bond acceptors (Lipinski definition) is 4. The number of nitrogens with one attached hydrogen (secondary N) is 2. The SMILES string of the molecule is CN(CCCNC(=O)c1cccc(NS(=O)(=O)c2ccccc2)c1)Cc1ccccc1. The topological polar surface area (TPSA) is 78.5 Å². The Labute approximate surface area is 184 Å². The minimum absolute atomic E-state index is 0.171. The van der Waals surface area contributed by atoms with Crippen LogP contribution in [0.15, 0.2) is 89.8 Å². The number of hydrogen-bond donors (Lipinski definition) is 2. The second-order valence-electron chi connectivity index (χ2n) is 7.33. The predicted molar refractivity (Wildman–Crippen MR) is 123 cm³/mol. The molecule has 2 N–H and O–H groups in total. The van der Waals surface area contributed by atoms with E-state index in [1.807, 2.05) is 18.2 Å². The fraction of sp³-hybridized carbons (Fsp3) is 0.208. The van der Waals surface area contributed by atoms with Crippen molar-refractivity contribution in [2.75, 3.05) is 24.9 Å². The molecule has 3 aromatic carbocycles. The second kappa shape index (κ2) is 10.7. The lowest BCUT2D eigenvalue weighted by Crippen LogP contribution is -2.28. The Morgan fingerprint density at radius 2 is 1.58 bits per heavy atom. The van der Waals surface area contributed by atoms with Crippen molar-refractivity contribution in [1.29, 1.82) is 0 Å². The third-order valence-corrected chi connectivity index (χ3v) is 6.13. The number of rotatable bonds is 10. The Morgan fingerprint density at radius 1 is 0.903 bits per heavy atom. The van der Waals surface area contributed by atoms with Crippen LogP contribution in [0.2, 0.25) is 0 Å². The number of amides is 1. The summed E-state index contributed by atoms with van der Waals surface area (Å²) in [6.45, 7) is 2.25. The van der Waals surface area contributed by atoms with E-state index < -0.39 is 10.0 Å². The normalized spacial score (nSPS) is 11.3. The first-order valence-corrected chi connectivity index (χ1v) is 11.6. The number of carbonyl (C=O) groups excluding carboxylic acids is 1. The molecule has 0 spiro atoms. The van der Waals surface area contributed by atoms with Gasteiger partial charge in [-0.15, -0.1) is 0 Å². The average molecular weight is 438 g/mol. The Hall–Kier alpha value is -3.16. The van der Waals surface area contributed by atoms with Crippen molar-refractivity contribution in [1.82, 2.24) is 10.2 Å². The fourth-order valence-corrected chi connectivity index (χ4v) is 4.24. The van der Waals surface area contributed by atoms with Crippen LogP contribution in [-0.4, -0.2) is 39.4 Å². The molecule has 0 aliphatic heterocycles. The van der Waals surface area contributed by atoms with Crippen molar-refractivity contribution in [3.63, 3.8) is 0 Å². The minimum atomic E-state index is -3.70. The van der Waals surface area contributed by atoms with Gasteiger partial charge in [-0.3, -0.25) is 9.52 Å². The van der Waals surface area contributed by atoms with Crippen LogP contribution in [0.3, 0.4) is 0 Å². The van der Waals surface area contributed by atoms with Crippen LogP contribution in [-0.2, 0) is 16.6 Å². The van der Waals surface area contributed by atoms with Gasteiger partial charge in [0.2, 0.25) is 0 Å². The van der Waals surface area contributed by atoms with Crippen LogP contribution >= 0.6 is 0 Å². The Balaban J connectivity index is 1.49. The third kappa shape index (κ3) is 6.94. The average Bonchev–Trinajstić information content (AvgIpc) is 2.78. The number of carbonyl (C=O) groups is 1. The number of nitrogens with zero attached hydrogens (tertiary/aromatic N) is 1. The maximum absolute atomic E-state index is 12.5.